The van der Waals surface area contributed by atoms with E-state index in [-0.39, 0.29) is 5.43 Å². The Bertz CT molecular complexity index is 1200. The summed E-state index contributed by atoms with van der Waals surface area (Å²) in [6.07, 6.45) is 0. The molecule has 28 heavy (non-hydrogen) atoms. The Balaban J connectivity index is 1.64. The molecule has 0 fully saturated rings. The fraction of sp³-hybridized carbons (Fsp3) is 0.0952. The zero-order valence-corrected chi connectivity index (χ0v) is 15.9. The quantitative estimate of drug-likeness (QED) is 0.493. The van der Waals surface area contributed by atoms with Crippen molar-refractivity contribution in [1.82, 2.24) is 9.97 Å². The molecule has 2 aromatic carbocycles. The topological polar surface area (TPSA) is 77.2 Å². The van der Waals surface area contributed by atoms with Crippen molar-refractivity contribution < 1.29 is 9.15 Å². The first-order valence-corrected chi connectivity index (χ1v) is 8.90. The van der Waals surface area contributed by atoms with Crippen molar-refractivity contribution in [3.8, 4) is 17.1 Å². The lowest BCUT2D eigenvalue weighted by molar-refractivity contribution is 0.415. The zero-order chi connectivity index (χ0) is 19.7. The van der Waals surface area contributed by atoms with Crippen LogP contribution in [0.25, 0.3) is 22.3 Å². The fourth-order valence-corrected chi connectivity index (χ4v) is 3.09. The van der Waals surface area contributed by atoms with Crippen molar-refractivity contribution in [3.63, 3.8) is 0 Å². The van der Waals surface area contributed by atoms with E-state index in [1.807, 2.05) is 24.3 Å². The first-order chi connectivity index (χ1) is 13.5. The number of anilines is 2. The van der Waals surface area contributed by atoms with Crippen LogP contribution in [0.3, 0.4) is 0 Å². The number of aryl methyl sites for hydroxylation is 1. The lowest BCUT2D eigenvalue weighted by Gasteiger charge is -2.08. The Morgan fingerprint density at radius 2 is 1.82 bits per heavy atom. The third-order valence-electron chi connectivity index (χ3n) is 4.18. The molecule has 140 valence electrons. The van der Waals surface area contributed by atoms with Crippen LogP contribution in [-0.2, 0) is 0 Å². The van der Waals surface area contributed by atoms with Crippen LogP contribution in [0.5, 0.6) is 5.75 Å². The molecule has 6 nitrogen and oxygen atoms in total. The van der Waals surface area contributed by atoms with Crippen molar-refractivity contribution in [3.05, 3.63) is 75.8 Å². The van der Waals surface area contributed by atoms with Gasteiger partial charge in [-0.05, 0) is 49.4 Å². The molecule has 0 amide bonds. The van der Waals surface area contributed by atoms with E-state index in [0.29, 0.717) is 39.3 Å². The van der Waals surface area contributed by atoms with Gasteiger partial charge in [0, 0.05) is 23.4 Å². The van der Waals surface area contributed by atoms with Gasteiger partial charge in [-0.1, -0.05) is 11.6 Å². The third-order valence-corrected chi connectivity index (χ3v) is 4.38. The number of aromatic nitrogens is 2. The van der Waals surface area contributed by atoms with Crippen molar-refractivity contribution in [2.24, 2.45) is 0 Å². The van der Waals surface area contributed by atoms with E-state index < -0.39 is 0 Å². The highest BCUT2D eigenvalue weighted by Crippen LogP contribution is 2.26. The highest BCUT2D eigenvalue weighted by molar-refractivity contribution is 6.29. The van der Waals surface area contributed by atoms with Crippen molar-refractivity contribution >= 4 is 34.1 Å². The lowest BCUT2D eigenvalue weighted by atomic mass is 10.1. The SMILES string of the molecule is COc1ccc2oc(-c3ccc(Nc4cc(Cl)nc(C)n4)cc3)cc(=O)c2c1. The monoisotopic (exact) mass is 393 g/mol. The molecule has 0 saturated heterocycles. The number of nitrogens with zero attached hydrogens (tertiary/aromatic N) is 2. The number of rotatable bonds is 4. The first-order valence-electron chi connectivity index (χ1n) is 8.52. The molecule has 0 spiro atoms. The fourth-order valence-electron chi connectivity index (χ4n) is 2.87. The molecule has 0 aliphatic carbocycles. The van der Waals surface area contributed by atoms with Crippen molar-refractivity contribution in [2.45, 2.75) is 6.92 Å². The number of fused-ring (bicyclic) bond motifs is 1. The molecule has 7 heteroatoms. The van der Waals surface area contributed by atoms with Crippen LogP contribution < -0.4 is 15.5 Å². The summed E-state index contributed by atoms with van der Waals surface area (Å²) in [5, 5.41) is 4.04. The maximum absolute atomic E-state index is 12.5. The minimum atomic E-state index is -0.122. The summed E-state index contributed by atoms with van der Waals surface area (Å²) in [6.45, 7) is 1.78. The molecule has 0 saturated carbocycles. The van der Waals surface area contributed by atoms with Gasteiger partial charge in [0.15, 0.2) is 5.43 Å². The second-order valence-corrected chi connectivity index (χ2v) is 6.55. The van der Waals surface area contributed by atoms with Gasteiger partial charge < -0.3 is 14.5 Å². The highest BCUT2D eigenvalue weighted by atomic mass is 35.5. The molecule has 2 heterocycles. The number of ether oxygens (including phenoxy) is 1. The number of benzene rings is 2. The maximum atomic E-state index is 12.5. The van der Waals surface area contributed by atoms with Gasteiger partial charge in [0.1, 0.15) is 33.9 Å². The second kappa shape index (κ2) is 7.32. The molecule has 0 unspecified atom stereocenters. The van der Waals surface area contributed by atoms with Gasteiger partial charge in [0.2, 0.25) is 0 Å². The second-order valence-electron chi connectivity index (χ2n) is 6.16. The average molecular weight is 394 g/mol. The van der Waals surface area contributed by atoms with E-state index in [1.54, 1.807) is 38.3 Å². The standard InChI is InChI=1S/C21H16ClN3O3/c1-12-23-20(22)11-21(24-12)25-14-5-3-13(4-6-14)19-10-17(26)16-9-15(27-2)7-8-18(16)28-19/h3-11H,1-2H3,(H,23,24,25). The molecule has 4 aromatic rings. The van der Waals surface area contributed by atoms with E-state index in [9.17, 15) is 4.79 Å². The first kappa shape index (κ1) is 18.0. The van der Waals surface area contributed by atoms with Gasteiger partial charge in [-0.2, -0.15) is 0 Å². The van der Waals surface area contributed by atoms with Gasteiger partial charge >= 0.3 is 0 Å². The smallest absolute Gasteiger partial charge is 0.193 e. The third kappa shape index (κ3) is 3.68. The Kier molecular flexibility index (Phi) is 4.71. The highest BCUT2D eigenvalue weighted by Gasteiger charge is 2.09. The van der Waals surface area contributed by atoms with Crippen LogP contribution in [0, 0.1) is 6.92 Å². The Morgan fingerprint density at radius 1 is 1.04 bits per heavy atom. The Labute approximate surface area is 165 Å². The van der Waals surface area contributed by atoms with E-state index in [4.69, 9.17) is 20.8 Å². The molecular weight excluding hydrogens is 378 g/mol. The van der Waals surface area contributed by atoms with Gasteiger partial charge in [0.25, 0.3) is 0 Å². The van der Waals surface area contributed by atoms with Crippen LogP contribution in [0.4, 0.5) is 11.5 Å². The zero-order valence-electron chi connectivity index (χ0n) is 15.2. The number of hydrogen-bond donors (Lipinski definition) is 1. The van der Waals surface area contributed by atoms with E-state index >= 15 is 0 Å². The molecule has 0 aliphatic rings. The van der Waals surface area contributed by atoms with Gasteiger partial charge in [-0.25, -0.2) is 9.97 Å². The van der Waals surface area contributed by atoms with Gasteiger partial charge in [-0.15, -0.1) is 0 Å². The molecule has 0 radical (unpaired) electrons. The summed E-state index contributed by atoms with van der Waals surface area (Å²) < 4.78 is 11.1. The number of halogens is 1. The molecule has 0 aliphatic heterocycles. The number of methoxy groups -OCH3 is 1. The summed E-state index contributed by atoms with van der Waals surface area (Å²) in [5.74, 6) is 2.30. The van der Waals surface area contributed by atoms with E-state index in [2.05, 4.69) is 15.3 Å². The normalized spacial score (nSPS) is 10.8. The minimum absolute atomic E-state index is 0.122. The molecule has 4 rings (SSSR count). The Morgan fingerprint density at radius 3 is 2.54 bits per heavy atom. The summed E-state index contributed by atoms with van der Waals surface area (Å²) >= 11 is 5.96. The lowest BCUT2D eigenvalue weighted by Crippen LogP contribution is -2.01. The van der Waals surface area contributed by atoms with Gasteiger partial charge in [0.05, 0.1) is 12.5 Å². The van der Waals surface area contributed by atoms with Crippen LogP contribution >= 0.6 is 11.6 Å². The largest absolute Gasteiger partial charge is 0.497 e. The summed E-state index contributed by atoms with van der Waals surface area (Å²) in [5.41, 5.74) is 2.00. The summed E-state index contributed by atoms with van der Waals surface area (Å²) in [4.78, 5) is 20.8. The Hall–Kier alpha value is -3.38. The maximum Gasteiger partial charge on any atom is 0.193 e. The summed E-state index contributed by atoms with van der Waals surface area (Å²) in [6, 6.07) is 15.8. The molecule has 0 atom stereocenters. The van der Waals surface area contributed by atoms with Crippen molar-refractivity contribution in [1.29, 1.82) is 0 Å². The van der Waals surface area contributed by atoms with E-state index in [1.165, 1.54) is 6.07 Å². The molecular formula is C21H16ClN3O3. The van der Waals surface area contributed by atoms with Gasteiger partial charge in [-0.3, -0.25) is 4.79 Å². The van der Waals surface area contributed by atoms with E-state index in [0.717, 1.165) is 11.3 Å². The predicted molar refractivity (Wildman–Crippen MR) is 110 cm³/mol. The summed E-state index contributed by atoms with van der Waals surface area (Å²) in [7, 11) is 1.56. The van der Waals surface area contributed by atoms with Crippen LogP contribution in [0.15, 0.2) is 63.8 Å². The molecule has 2 aromatic heterocycles. The minimum Gasteiger partial charge on any atom is -0.497 e. The predicted octanol–water partition coefficient (Wildman–Crippen LogP) is 4.96. The van der Waals surface area contributed by atoms with Crippen LogP contribution in [0.2, 0.25) is 5.15 Å². The number of nitrogens with one attached hydrogen (secondary N) is 1. The van der Waals surface area contributed by atoms with Crippen LogP contribution in [-0.4, -0.2) is 17.1 Å². The molecule has 0 bridgehead atoms. The van der Waals surface area contributed by atoms with Crippen molar-refractivity contribution in [2.75, 3.05) is 12.4 Å². The molecule has 1 N–H and O–H groups in total. The number of hydrogen-bond acceptors (Lipinski definition) is 6. The average Bonchev–Trinajstić information content (AvgIpc) is 2.67. The van der Waals surface area contributed by atoms with Crippen LogP contribution in [0.1, 0.15) is 5.82 Å².